The van der Waals surface area contributed by atoms with Gasteiger partial charge in [0.05, 0.1) is 11.7 Å². The van der Waals surface area contributed by atoms with Crippen molar-refractivity contribution in [3.05, 3.63) is 75.2 Å². The number of benzene rings is 2. The predicted molar refractivity (Wildman–Crippen MR) is 136 cm³/mol. The van der Waals surface area contributed by atoms with Gasteiger partial charge in [0, 0.05) is 36.1 Å². The highest BCUT2D eigenvalue weighted by Gasteiger charge is 2.34. The Kier molecular flexibility index (Phi) is 7.08. The van der Waals surface area contributed by atoms with E-state index >= 15 is 0 Å². The van der Waals surface area contributed by atoms with Crippen LogP contribution in [0.25, 0.3) is 0 Å². The first-order valence-electron chi connectivity index (χ1n) is 12.5. The fourth-order valence-electron chi connectivity index (χ4n) is 4.89. The first-order valence-corrected chi connectivity index (χ1v) is 13.4. The third-order valence-corrected chi connectivity index (χ3v) is 7.88. The molecule has 1 aliphatic heterocycles. The van der Waals surface area contributed by atoms with Gasteiger partial charge in [0.2, 0.25) is 0 Å². The van der Waals surface area contributed by atoms with E-state index in [1.807, 2.05) is 11.0 Å². The third-order valence-electron chi connectivity index (χ3n) is 6.91. The van der Waals surface area contributed by atoms with E-state index in [1.54, 1.807) is 23.5 Å². The van der Waals surface area contributed by atoms with E-state index in [-0.39, 0.29) is 23.6 Å². The molecular weight excluding hydrogens is 480 g/mol. The Morgan fingerprint density at radius 3 is 2.72 bits per heavy atom. The standard InChI is InChI=1S/C28H31F2N3O2S/c1-17(2)26(27-31-20(16-36-27)15-32(3)21-8-9-21)33-12-4-5-18-6-10-22(14-23(18)28(33)34)35-25-11-7-19(29)13-24(25)30/h6-7,10-11,13-14,16-17,21,26H,4-5,8-9,12,15H2,1-3H3. The van der Waals surface area contributed by atoms with Crippen LogP contribution < -0.4 is 4.74 Å². The Labute approximate surface area is 214 Å². The van der Waals surface area contributed by atoms with E-state index in [9.17, 15) is 13.6 Å². The number of hydrogen-bond donors (Lipinski definition) is 0. The fraction of sp³-hybridized carbons (Fsp3) is 0.429. The molecule has 190 valence electrons. The van der Waals surface area contributed by atoms with Gasteiger partial charge in [-0.05, 0) is 68.5 Å². The highest BCUT2D eigenvalue weighted by Crippen LogP contribution is 2.36. The Bertz CT molecular complexity index is 1260. The van der Waals surface area contributed by atoms with Crippen molar-refractivity contribution < 1.29 is 18.3 Å². The summed E-state index contributed by atoms with van der Waals surface area (Å²) in [6, 6.07) is 8.98. The molecule has 1 amide bonds. The minimum absolute atomic E-state index is 0.0712. The van der Waals surface area contributed by atoms with Crippen molar-refractivity contribution in [3.8, 4) is 11.5 Å². The molecular formula is C28H31F2N3O2S. The number of fused-ring (bicyclic) bond motifs is 1. The maximum absolute atomic E-state index is 14.1. The number of thiazole rings is 1. The summed E-state index contributed by atoms with van der Waals surface area (Å²) in [6.45, 7) is 5.70. The van der Waals surface area contributed by atoms with Gasteiger partial charge in [-0.1, -0.05) is 19.9 Å². The number of amides is 1. The maximum atomic E-state index is 14.1. The average Bonchev–Trinajstić information content (AvgIpc) is 3.62. The van der Waals surface area contributed by atoms with Gasteiger partial charge in [0.1, 0.15) is 16.6 Å². The minimum atomic E-state index is -0.787. The Balaban J connectivity index is 1.40. The summed E-state index contributed by atoms with van der Waals surface area (Å²) in [7, 11) is 2.14. The van der Waals surface area contributed by atoms with Crippen molar-refractivity contribution in [2.75, 3.05) is 13.6 Å². The topological polar surface area (TPSA) is 45.7 Å². The zero-order chi connectivity index (χ0) is 25.4. The second-order valence-electron chi connectivity index (χ2n) is 10.1. The number of carbonyl (C=O) groups excluding carboxylic acids is 1. The van der Waals surface area contributed by atoms with Gasteiger partial charge in [-0.15, -0.1) is 11.3 Å². The zero-order valence-corrected chi connectivity index (χ0v) is 21.7. The summed E-state index contributed by atoms with van der Waals surface area (Å²) in [6.07, 6.45) is 4.12. The van der Waals surface area contributed by atoms with E-state index < -0.39 is 11.6 Å². The number of rotatable bonds is 8. The zero-order valence-electron chi connectivity index (χ0n) is 20.8. The first kappa shape index (κ1) is 24.8. The smallest absolute Gasteiger partial charge is 0.254 e. The first-order chi connectivity index (χ1) is 17.3. The lowest BCUT2D eigenvalue weighted by Crippen LogP contribution is -2.37. The van der Waals surface area contributed by atoms with Gasteiger partial charge in [-0.3, -0.25) is 9.69 Å². The lowest BCUT2D eigenvalue weighted by atomic mass is 10.0. The Hall–Kier alpha value is -2.84. The molecule has 36 heavy (non-hydrogen) atoms. The molecule has 2 heterocycles. The quantitative estimate of drug-likeness (QED) is 0.342. The maximum Gasteiger partial charge on any atom is 0.254 e. The molecule has 1 fully saturated rings. The van der Waals surface area contributed by atoms with Crippen LogP contribution in [0.4, 0.5) is 8.78 Å². The molecule has 0 saturated heterocycles. The van der Waals surface area contributed by atoms with Crippen molar-refractivity contribution in [2.24, 2.45) is 5.92 Å². The molecule has 1 atom stereocenters. The lowest BCUT2D eigenvalue weighted by molar-refractivity contribution is 0.0628. The number of halogens is 2. The van der Waals surface area contributed by atoms with Crippen LogP contribution in [0.5, 0.6) is 11.5 Å². The summed E-state index contributed by atoms with van der Waals surface area (Å²) in [4.78, 5) is 23.1. The molecule has 1 saturated carbocycles. The lowest BCUT2D eigenvalue weighted by Gasteiger charge is -2.32. The molecule has 8 heteroatoms. The van der Waals surface area contributed by atoms with E-state index in [1.165, 1.54) is 18.9 Å². The van der Waals surface area contributed by atoms with E-state index in [0.29, 0.717) is 23.9 Å². The molecule has 1 unspecified atom stereocenters. The molecule has 1 aromatic heterocycles. The van der Waals surface area contributed by atoms with Crippen molar-refractivity contribution in [2.45, 2.75) is 58.2 Å². The van der Waals surface area contributed by atoms with Crippen LogP contribution in [0.2, 0.25) is 0 Å². The van der Waals surface area contributed by atoms with Crippen molar-refractivity contribution >= 4 is 17.2 Å². The summed E-state index contributed by atoms with van der Waals surface area (Å²) in [5, 5.41) is 3.07. The summed E-state index contributed by atoms with van der Waals surface area (Å²) < 4.78 is 33.1. The monoisotopic (exact) mass is 511 g/mol. The number of ether oxygens (including phenoxy) is 1. The van der Waals surface area contributed by atoms with Crippen molar-refractivity contribution in [1.82, 2.24) is 14.8 Å². The number of carbonyl (C=O) groups is 1. The molecule has 5 nitrogen and oxygen atoms in total. The number of nitrogens with zero attached hydrogens (tertiary/aromatic N) is 3. The molecule has 0 bridgehead atoms. The molecule has 2 aromatic carbocycles. The van der Waals surface area contributed by atoms with Gasteiger partial charge in [-0.25, -0.2) is 13.8 Å². The largest absolute Gasteiger partial charge is 0.454 e. The normalized spacial score (nSPS) is 16.9. The Morgan fingerprint density at radius 1 is 1.19 bits per heavy atom. The second-order valence-corrected chi connectivity index (χ2v) is 11.0. The van der Waals surface area contributed by atoms with Gasteiger partial charge in [-0.2, -0.15) is 0 Å². The average molecular weight is 512 g/mol. The van der Waals surface area contributed by atoms with Crippen LogP contribution in [-0.2, 0) is 13.0 Å². The predicted octanol–water partition coefficient (Wildman–Crippen LogP) is 6.59. The molecule has 5 rings (SSSR count). The van der Waals surface area contributed by atoms with E-state index in [2.05, 4.69) is 31.2 Å². The fourth-order valence-corrected chi connectivity index (χ4v) is 5.98. The van der Waals surface area contributed by atoms with Crippen molar-refractivity contribution in [3.63, 3.8) is 0 Å². The van der Waals surface area contributed by atoms with Crippen LogP contribution >= 0.6 is 11.3 Å². The van der Waals surface area contributed by atoms with Gasteiger partial charge in [0.15, 0.2) is 11.6 Å². The van der Waals surface area contributed by atoms with Gasteiger partial charge < -0.3 is 9.64 Å². The number of aromatic nitrogens is 1. The minimum Gasteiger partial charge on any atom is -0.454 e. The van der Waals surface area contributed by atoms with Crippen LogP contribution in [-0.4, -0.2) is 40.3 Å². The van der Waals surface area contributed by atoms with Gasteiger partial charge >= 0.3 is 0 Å². The molecule has 2 aliphatic rings. The van der Waals surface area contributed by atoms with Crippen LogP contribution in [0.1, 0.15) is 65.8 Å². The van der Waals surface area contributed by atoms with Crippen molar-refractivity contribution in [1.29, 1.82) is 0 Å². The molecule has 0 spiro atoms. The molecule has 0 radical (unpaired) electrons. The van der Waals surface area contributed by atoms with E-state index in [4.69, 9.17) is 9.72 Å². The summed E-state index contributed by atoms with van der Waals surface area (Å²) >= 11 is 1.62. The number of aryl methyl sites for hydroxylation is 1. The van der Waals surface area contributed by atoms with Crippen LogP contribution in [0.3, 0.4) is 0 Å². The van der Waals surface area contributed by atoms with Crippen LogP contribution in [0, 0.1) is 17.6 Å². The summed E-state index contributed by atoms with van der Waals surface area (Å²) in [5.74, 6) is -1.08. The molecule has 1 aliphatic carbocycles. The second kappa shape index (κ2) is 10.3. The molecule has 0 N–H and O–H groups in total. The number of hydrogen-bond acceptors (Lipinski definition) is 5. The molecule has 3 aromatic rings. The third kappa shape index (κ3) is 5.30. The summed E-state index contributed by atoms with van der Waals surface area (Å²) in [5.41, 5.74) is 2.56. The highest BCUT2D eigenvalue weighted by atomic mass is 32.1. The SMILES string of the molecule is CC(C)C(c1nc(CN(C)C2CC2)cs1)N1CCCc2ccc(Oc3ccc(F)cc3F)cc2C1=O. The van der Waals surface area contributed by atoms with Gasteiger partial charge in [0.25, 0.3) is 5.91 Å². The Morgan fingerprint density at radius 2 is 2.00 bits per heavy atom. The van der Waals surface area contributed by atoms with Crippen LogP contribution in [0.15, 0.2) is 41.8 Å². The van der Waals surface area contributed by atoms with E-state index in [0.717, 1.165) is 47.8 Å². The highest BCUT2D eigenvalue weighted by molar-refractivity contribution is 7.09.